The van der Waals surface area contributed by atoms with Crippen molar-refractivity contribution in [1.82, 2.24) is 5.32 Å². The highest BCUT2D eigenvalue weighted by atomic mass is 16.2. The molecule has 0 aromatic heterocycles. The second-order valence-corrected chi connectivity index (χ2v) is 7.13. The van der Waals surface area contributed by atoms with Crippen LogP contribution in [0.4, 0.5) is 16.2 Å². The van der Waals surface area contributed by atoms with Gasteiger partial charge in [0.15, 0.2) is 0 Å². The summed E-state index contributed by atoms with van der Waals surface area (Å²) in [7, 11) is 0. The molecule has 27 heavy (non-hydrogen) atoms. The Labute approximate surface area is 158 Å². The van der Waals surface area contributed by atoms with Gasteiger partial charge < -0.3 is 21.7 Å². The Morgan fingerprint density at radius 1 is 0.926 bits per heavy atom. The molecule has 0 aliphatic rings. The van der Waals surface area contributed by atoms with E-state index in [2.05, 4.69) is 36.7 Å². The number of amides is 4. The average Bonchev–Trinajstić information content (AvgIpc) is 2.59. The van der Waals surface area contributed by atoms with Gasteiger partial charge in [0, 0.05) is 16.9 Å². The summed E-state index contributed by atoms with van der Waals surface area (Å²) < 4.78 is 0. The van der Waals surface area contributed by atoms with E-state index < -0.39 is 6.03 Å². The topological polar surface area (TPSA) is 113 Å². The molecule has 4 amide bonds. The highest BCUT2D eigenvalue weighted by Gasteiger charge is 2.14. The maximum absolute atomic E-state index is 12.2. The molecule has 0 atom stereocenters. The van der Waals surface area contributed by atoms with E-state index in [1.807, 2.05) is 12.1 Å². The molecule has 5 N–H and O–H groups in total. The Bertz CT molecular complexity index is 839. The molecule has 142 valence electrons. The van der Waals surface area contributed by atoms with E-state index in [0.29, 0.717) is 16.9 Å². The Morgan fingerprint density at radius 3 is 2.07 bits per heavy atom. The van der Waals surface area contributed by atoms with E-state index in [1.165, 1.54) is 0 Å². The quantitative estimate of drug-likeness (QED) is 0.651. The third-order valence-electron chi connectivity index (χ3n) is 3.84. The maximum Gasteiger partial charge on any atom is 0.316 e. The minimum Gasteiger partial charge on any atom is -0.351 e. The number of anilines is 2. The van der Waals surface area contributed by atoms with Crippen molar-refractivity contribution in [1.29, 1.82) is 0 Å². The Hall–Kier alpha value is -3.35. The van der Waals surface area contributed by atoms with E-state index in [9.17, 15) is 14.4 Å². The zero-order valence-electron chi connectivity index (χ0n) is 15.6. The summed E-state index contributed by atoms with van der Waals surface area (Å²) in [6, 6.07) is 13.1. The molecule has 0 bridgehead atoms. The normalized spacial score (nSPS) is 10.8. The molecule has 0 fully saturated rings. The second-order valence-electron chi connectivity index (χ2n) is 7.13. The third kappa shape index (κ3) is 6.14. The van der Waals surface area contributed by atoms with Crippen molar-refractivity contribution < 1.29 is 14.4 Å². The van der Waals surface area contributed by atoms with Crippen LogP contribution in [0.15, 0.2) is 48.5 Å². The lowest BCUT2D eigenvalue weighted by atomic mass is 9.87. The SMILES string of the molecule is CC(C)(C)c1ccc(C(=O)NCC(=O)Nc2cccc(NC(N)=O)c2)cc1. The van der Waals surface area contributed by atoms with Crippen LogP contribution >= 0.6 is 0 Å². The second kappa shape index (κ2) is 8.35. The van der Waals surface area contributed by atoms with Gasteiger partial charge in [-0.3, -0.25) is 9.59 Å². The summed E-state index contributed by atoms with van der Waals surface area (Å²) in [6.07, 6.45) is 0. The van der Waals surface area contributed by atoms with Crippen molar-refractivity contribution in [2.75, 3.05) is 17.2 Å². The molecule has 0 spiro atoms. The first-order valence-electron chi connectivity index (χ1n) is 8.50. The van der Waals surface area contributed by atoms with Crippen molar-refractivity contribution in [3.05, 3.63) is 59.7 Å². The summed E-state index contributed by atoms with van der Waals surface area (Å²) in [6.45, 7) is 6.12. The van der Waals surface area contributed by atoms with Crippen molar-refractivity contribution in [2.45, 2.75) is 26.2 Å². The van der Waals surface area contributed by atoms with Crippen LogP contribution < -0.4 is 21.7 Å². The summed E-state index contributed by atoms with van der Waals surface area (Å²) in [4.78, 5) is 35.1. The number of carbonyl (C=O) groups excluding carboxylic acids is 3. The van der Waals surface area contributed by atoms with Crippen LogP contribution in [0.3, 0.4) is 0 Å². The van der Waals surface area contributed by atoms with Crippen LogP contribution in [0.1, 0.15) is 36.7 Å². The minimum atomic E-state index is -0.691. The van der Waals surface area contributed by atoms with Gasteiger partial charge in [-0.25, -0.2) is 4.79 Å². The number of primary amides is 1. The standard InChI is InChI=1S/C20H24N4O3/c1-20(2,3)14-9-7-13(8-10-14)18(26)22-12-17(25)23-15-5-4-6-16(11-15)24-19(21)27/h4-11H,12H2,1-3H3,(H,22,26)(H,23,25)(H3,21,24,27). The zero-order chi connectivity index (χ0) is 20.0. The van der Waals surface area contributed by atoms with E-state index in [1.54, 1.807) is 36.4 Å². The monoisotopic (exact) mass is 368 g/mol. The third-order valence-corrected chi connectivity index (χ3v) is 3.84. The number of rotatable bonds is 5. The fourth-order valence-corrected chi connectivity index (χ4v) is 2.41. The predicted octanol–water partition coefficient (Wildman–Crippen LogP) is 2.84. The van der Waals surface area contributed by atoms with E-state index in [-0.39, 0.29) is 23.8 Å². The summed E-state index contributed by atoms with van der Waals surface area (Å²) in [5, 5.41) is 7.65. The van der Waals surface area contributed by atoms with Crippen molar-refractivity contribution >= 4 is 29.2 Å². The van der Waals surface area contributed by atoms with Crippen molar-refractivity contribution in [2.24, 2.45) is 5.73 Å². The number of urea groups is 1. The number of carbonyl (C=O) groups is 3. The number of benzene rings is 2. The van der Waals surface area contributed by atoms with Crippen LogP contribution in [0.2, 0.25) is 0 Å². The fraction of sp³-hybridized carbons (Fsp3) is 0.250. The number of nitrogens with one attached hydrogen (secondary N) is 3. The van der Waals surface area contributed by atoms with Gasteiger partial charge in [-0.15, -0.1) is 0 Å². The molecule has 2 aromatic carbocycles. The Balaban J connectivity index is 1.90. The molecule has 0 radical (unpaired) electrons. The molecular formula is C20H24N4O3. The molecule has 7 nitrogen and oxygen atoms in total. The van der Waals surface area contributed by atoms with Crippen LogP contribution in [0.25, 0.3) is 0 Å². The molecule has 0 unspecified atom stereocenters. The van der Waals surface area contributed by atoms with Gasteiger partial charge in [-0.1, -0.05) is 39.0 Å². The summed E-state index contributed by atoms with van der Waals surface area (Å²) in [5.41, 5.74) is 7.63. The lowest BCUT2D eigenvalue weighted by Gasteiger charge is -2.19. The Morgan fingerprint density at radius 2 is 1.52 bits per heavy atom. The fourth-order valence-electron chi connectivity index (χ4n) is 2.41. The van der Waals surface area contributed by atoms with Gasteiger partial charge in [0.05, 0.1) is 6.54 Å². The molecule has 0 aliphatic heterocycles. The molecule has 2 rings (SSSR count). The van der Waals surface area contributed by atoms with Crippen molar-refractivity contribution in [3.8, 4) is 0 Å². The summed E-state index contributed by atoms with van der Waals surface area (Å²) >= 11 is 0. The molecule has 0 aliphatic carbocycles. The van der Waals surface area contributed by atoms with E-state index in [0.717, 1.165) is 5.56 Å². The van der Waals surface area contributed by atoms with Gasteiger partial charge in [0.1, 0.15) is 0 Å². The average molecular weight is 368 g/mol. The van der Waals surface area contributed by atoms with Crippen LogP contribution in [0, 0.1) is 0 Å². The van der Waals surface area contributed by atoms with E-state index >= 15 is 0 Å². The number of hydrogen-bond acceptors (Lipinski definition) is 3. The first-order valence-corrected chi connectivity index (χ1v) is 8.50. The van der Waals surface area contributed by atoms with Crippen molar-refractivity contribution in [3.63, 3.8) is 0 Å². The molecule has 2 aromatic rings. The lowest BCUT2D eigenvalue weighted by molar-refractivity contribution is -0.115. The molecule has 0 saturated heterocycles. The highest BCUT2D eigenvalue weighted by molar-refractivity contribution is 5.99. The van der Waals surface area contributed by atoms with Crippen LogP contribution in [-0.4, -0.2) is 24.4 Å². The Kier molecular flexibility index (Phi) is 6.18. The zero-order valence-corrected chi connectivity index (χ0v) is 15.6. The smallest absolute Gasteiger partial charge is 0.316 e. The number of hydrogen-bond donors (Lipinski definition) is 4. The van der Waals surface area contributed by atoms with Crippen LogP contribution in [-0.2, 0) is 10.2 Å². The molecule has 7 heteroatoms. The van der Waals surface area contributed by atoms with Gasteiger partial charge in [-0.2, -0.15) is 0 Å². The largest absolute Gasteiger partial charge is 0.351 e. The number of nitrogens with two attached hydrogens (primary N) is 1. The van der Waals surface area contributed by atoms with Gasteiger partial charge >= 0.3 is 6.03 Å². The van der Waals surface area contributed by atoms with Gasteiger partial charge in [-0.05, 0) is 41.3 Å². The molecule has 0 heterocycles. The summed E-state index contributed by atoms with van der Waals surface area (Å²) in [5.74, 6) is -0.708. The molecule has 0 saturated carbocycles. The van der Waals surface area contributed by atoms with Gasteiger partial charge in [0.25, 0.3) is 5.91 Å². The van der Waals surface area contributed by atoms with Gasteiger partial charge in [0.2, 0.25) is 5.91 Å². The van der Waals surface area contributed by atoms with E-state index in [4.69, 9.17) is 5.73 Å². The maximum atomic E-state index is 12.2. The highest BCUT2D eigenvalue weighted by Crippen LogP contribution is 2.22. The molecular weight excluding hydrogens is 344 g/mol. The van der Waals surface area contributed by atoms with Crippen LogP contribution in [0.5, 0.6) is 0 Å². The first-order chi connectivity index (χ1) is 12.6. The lowest BCUT2D eigenvalue weighted by Crippen LogP contribution is -2.32. The minimum absolute atomic E-state index is 0.00675. The predicted molar refractivity (Wildman–Crippen MR) is 106 cm³/mol. The first kappa shape index (κ1) is 20.0.